The molecule has 0 unspecified atom stereocenters. The number of pyridine rings is 1. The highest BCUT2D eigenvalue weighted by Crippen LogP contribution is 2.27. The zero-order chi connectivity index (χ0) is 14.3. The molecule has 3 rings (SSSR count). The molecule has 0 fully saturated rings. The van der Waals surface area contributed by atoms with E-state index >= 15 is 0 Å². The number of halogens is 1. The first kappa shape index (κ1) is 13.1. The molecule has 0 aliphatic carbocycles. The van der Waals surface area contributed by atoms with E-state index in [4.69, 9.17) is 11.6 Å². The Morgan fingerprint density at radius 1 is 1.20 bits per heavy atom. The van der Waals surface area contributed by atoms with Crippen molar-refractivity contribution in [3.05, 3.63) is 52.4 Å². The number of aryl methyl sites for hydroxylation is 1. The molecule has 4 nitrogen and oxygen atoms in total. The number of aliphatic hydroxyl groups excluding tert-OH is 1. The van der Waals surface area contributed by atoms with E-state index in [0.29, 0.717) is 5.02 Å². The van der Waals surface area contributed by atoms with Gasteiger partial charge in [0.15, 0.2) is 5.82 Å². The average Bonchev–Trinajstić information content (AvgIpc) is 2.73. The monoisotopic (exact) mass is 287 g/mol. The fourth-order valence-corrected chi connectivity index (χ4v) is 2.48. The topological polar surface area (TPSA) is 50.9 Å². The highest BCUT2D eigenvalue weighted by molar-refractivity contribution is 6.31. The van der Waals surface area contributed by atoms with Gasteiger partial charge >= 0.3 is 0 Å². The van der Waals surface area contributed by atoms with E-state index in [1.54, 1.807) is 10.9 Å². The van der Waals surface area contributed by atoms with Crippen LogP contribution in [0, 0.1) is 13.8 Å². The molecule has 1 N–H and O–H groups in total. The van der Waals surface area contributed by atoms with Crippen LogP contribution < -0.4 is 0 Å². The number of fused-ring (bicyclic) bond motifs is 1. The molecular weight excluding hydrogens is 274 g/mol. The number of hydrogen-bond donors (Lipinski definition) is 1. The summed E-state index contributed by atoms with van der Waals surface area (Å²) in [6.45, 7) is 3.75. The van der Waals surface area contributed by atoms with E-state index < -0.39 is 0 Å². The Labute approximate surface area is 121 Å². The minimum absolute atomic E-state index is 0.0360. The van der Waals surface area contributed by atoms with E-state index in [0.717, 1.165) is 33.5 Å². The average molecular weight is 288 g/mol. The Kier molecular flexibility index (Phi) is 3.20. The number of hydrogen-bond acceptors (Lipinski definition) is 3. The fraction of sp³-hybridized carbons (Fsp3) is 0.200. The Hall–Kier alpha value is -1.91. The van der Waals surface area contributed by atoms with Crippen LogP contribution in [0.5, 0.6) is 0 Å². The minimum atomic E-state index is -0.0360. The van der Waals surface area contributed by atoms with Gasteiger partial charge in [-0.1, -0.05) is 35.9 Å². The van der Waals surface area contributed by atoms with Crippen LogP contribution in [0.3, 0.4) is 0 Å². The summed E-state index contributed by atoms with van der Waals surface area (Å²) in [4.78, 5) is 4.45. The predicted octanol–water partition coefficient (Wildman–Crippen LogP) is 3.18. The van der Waals surface area contributed by atoms with Gasteiger partial charge in [-0.2, -0.15) is 5.10 Å². The van der Waals surface area contributed by atoms with E-state index in [1.807, 2.05) is 38.1 Å². The normalized spacial score (nSPS) is 11.2. The van der Waals surface area contributed by atoms with Crippen molar-refractivity contribution in [3.8, 4) is 5.82 Å². The number of nitrogens with zero attached hydrogens (tertiary/aromatic N) is 3. The first-order valence-corrected chi connectivity index (χ1v) is 6.71. The zero-order valence-electron chi connectivity index (χ0n) is 11.3. The molecule has 0 atom stereocenters. The smallest absolute Gasteiger partial charge is 0.161 e. The molecule has 0 saturated heterocycles. The zero-order valence-corrected chi connectivity index (χ0v) is 12.0. The summed E-state index contributed by atoms with van der Waals surface area (Å²) >= 11 is 6.21. The van der Waals surface area contributed by atoms with Crippen molar-refractivity contribution in [1.82, 2.24) is 14.8 Å². The van der Waals surface area contributed by atoms with Gasteiger partial charge < -0.3 is 5.11 Å². The van der Waals surface area contributed by atoms with Crippen molar-refractivity contribution in [1.29, 1.82) is 0 Å². The number of aromatic nitrogens is 3. The van der Waals surface area contributed by atoms with Crippen LogP contribution in [0.1, 0.15) is 17.0 Å². The second kappa shape index (κ2) is 4.89. The van der Waals surface area contributed by atoms with E-state index in [-0.39, 0.29) is 6.61 Å². The van der Waals surface area contributed by atoms with Crippen LogP contribution in [-0.4, -0.2) is 19.9 Å². The van der Waals surface area contributed by atoms with Gasteiger partial charge in [0.25, 0.3) is 0 Å². The summed E-state index contributed by atoms with van der Waals surface area (Å²) in [5, 5.41) is 16.4. The van der Waals surface area contributed by atoms with Gasteiger partial charge in [0.1, 0.15) is 0 Å². The van der Waals surface area contributed by atoms with Crippen LogP contribution in [0.2, 0.25) is 5.02 Å². The van der Waals surface area contributed by atoms with Crippen molar-refractivity contribution in [2.45, 2.75) is 20.5 Å². The van der Waals surface area contributed by atoms with Crippen LogP contribution in [0.4, 0.5) is 0 Å². The molecule has 0 saturated carbocycles. The highest BCUT2D eigenvalue weighted by atomic mass is 35.5. The lowest BCUT2D eigenvalue weighted by atomic mass is 10.1. The van der Waals surface area contributed by atoms with Gasteiger partial charge in [-0.15, -0.1) is 0 Å². The molecule has 3 aromatic rings. The van der Waals surface area contributed by atoms with Crippen LogP contribution >= 0.6 is 11.6 Å². The summed E-state index contributed by atoms with van der Waals surface area (Å²) in [5.74, 6) is 0.727. The first-order chi connectivity index (χ1) is 9.63. The van der Waals surface area contributed by atoms with Crippen LogP contribution in [0.25, 0.3) is 16.6 Å². The summed E-state index contributed by atoms with van der Waals surface area (Å²) in [7, 11) is 0. The molecule has 20 heavy (non-hydrogen) atoms. The Morgan fingerprint density at radius 3 is 2.50 bits per heavy atom. The summed E-state index contributed by atoms with van der Waals surface area (Å²) < 4.78 is 1.75. The maximum absolute atomic E-state index is 9.42. The largest absolute Gasteiger partial charge is 0.392 e. The molecule has 5 heteroatoms. The first-order valence-electron chi connectivity index (χ1n) is 6.33. The Morgan fingerprint density at radius 2 is 1.90 bits per heavy atom. The van der Waals surface area contributed by atoms with Crippen molar-refractivity contribution in [2.24, 2.45) is 0 Å². The standard InChI is InChI=1S/C15H14ClN3O/c1-9-14(16)10(2)19(18-9)15-13-6-4-3-5-12(13)11(8-20)7-17-15/h3-7,20H,8H2,1-2H3. The molecule has 0 aliphatic rings. The van der Waals surface area contributed by atoms with Crippen LogP contribution in [-0.2, 0) is 6.61 Å². The van der Waals surface area contributed by atoms with Crippen molar-refractivity contribution < 1.29 is 5.11 Å². The lowest BCUT2D eigenvalue weighted by Gasteiger charge is -2.10. The van der Waals surface area contributed by atoms with Gasteiger partial charge in [-0.05, 0) is 19.2 Å². The van der Waals surface area contributed by atoms with Crippen molar-refractivity contribution in [3.63, 3.8) is 0 Å². The second-order valence-electron chi connectivity index (χ2n) is 4.71. The van der Waals surface area contributed by atoms with Gasteiger partial charge in [0.2, 0.25) is 0 Å². The van der Waals surface area contributed by atoms with E-state index in [2.05, 4.69) is 10.1 Å². The number of rotatable bonds is 2. The quantitative estimate of drug-likeness (QED) is 0.787. The second-order valence-corrected chi connectivity index (χ2v) is 5.09. The third kappa shape index (κ3) is 1.88. The van der Waals surface area contributed by atoms with Gasteiger partial charge in [0.05, 0.1) is 23.0 Å². The summed E-state index contributed by atoms with van der Waals surface area (Å²) in [6, 6.07) is 7.84. The fourth-order valence-electron chi connectivity index (χ4n) is 2.36. The Balaban J connectivity index is 2.35. The third-order valence-corrected chi connectivity index (χ3v) is 3.98. The van der Waals surface area contributed by atoms with E-state index in [9.17, 15) is 5.11 Å². The number of aliphatic hydroxyl groups is 1. The molecular formula is C15H14ClN3O. The molecule has 2 heterocycles. The summed E-state index contributed by atoms with van der Waals surface area (Å²) in [5.41, 5.74) is 2.44. The van der Waals surface area contributed by atoms with E-state index in [1.165, 1.54) is 0 Å². The SMILES string of the molecule is Cc1nn(-c2ncc(CO)c3ccccc23)c(C)c1Cl. The Bertz CT molecular complexity index is 795. The van der Waals surface area contributed by atoms with Gasteiger partial charge in [0, 0.05) is 17.1 Å². The lowest BCUT2D eigenvalue weighted by Crippen LogP contribution is -2.04. The molecule has 0 spiro atoms. The molecule has 1 aromatic carbocycles. The highest BCUT2D eigenvalue weighted by Gasteiger charge is 2.15. The lowest BCUT2D eigenvalue weighted by molar-refractivity contribution is 0.283. The molecule has 0 radical (unpaired) electrons. The molecule has 102 valence electrons. The van der Waals surface area contributed by atoms with Crippen LogP contribution in [0.15, 0.2) is 30.5 Å². The number of benzene rings is 1. The minimum Gasteiger partial charge on any atom is -0.392 e. The molecule has 0 amide bonds. The molecule has 0 bridgehead atoms. The maximum atomic E-state index is 9.42. The molecule has 2 aromatic heterocycles. The molecule has 0 aliphatic heterocycles. The predicted molar refractivity (Wildman–Crippen MR) is 79.3 cm³/mol. The van der Waals surface area contributed by atoms with Crippen molar-refractivity contribution in [2.75, 3.05) is 0 Å². The third-order valence-electron chi connectivity index (χ3n) is 3.43. The maximum Gasteiger partial charge on any atom is 0.161 e. The van der Waals surface area contributed by atoms with Gasteiger partial charge in [-0.3, -0.25) is 0 Å². The summed E-state index contributed by atoms with van der Waals surface area (Å²) in [6.07, 6.45) is 1.68. The van der Waals surface area contributed by atoms with Crippen molar-refractivity contribution >= 4 is 22.4 Å². The van der Waals surface area contributed by atoms with Gasteiger partial charge in [-0.25, -0.2) is 9.67 Å².